The van der Waals surface area contributed by atoms with Crippen molar-refractivity contribution in [3.05, 3.63) is 35.9 Å². The minimum Gasteiger partial charge on any atom is -0.366 e. The largest absolute Gasteiger partial charge is 0.366 e. The summed E-state index contributed by atoms with van der Waals surface area (Å²) in [6.45, 7) is 10.7. The third-order valence-electron chi connectivity index (χ3n) is 6.40. The summed E-state index contributed by atoms with van der Waals surface area (Å²) in [7, 11) is 0. The van der Waals surface area contributed by atoms with E-state index in [-0.39, 0.29) is 6.10 Å². The van der Waals surface area contributed by atoms with E-state index in [0.29, 0.717) is 19.6 Å². The molecule has 2 aliphatic heterocycles. The summed E-state index contributed by atoms with van der Waals surface area (Å²) < 4.78 is 42.0. The number of rotatable bonds is 5. The summed E-state index contributed by atoms with van der Waals surface area (Å²) in [6.07, 6.45) is 0.785. The maximum absolute atomic E-state index is 14.6. The Kier molecular flexibility index (Phi) is 5.68. The van der Waals surface area contributed by atoms with Gasteiger partial charge in [-0.25, -0.2) is 8.78 Å². The molecule has 5 heteroatoms. The molecule has 2 heterocycles. The normalized spacial score (nSPS) is 34.3. The highest BCUT2D eigenvalue weighted by Crippen LogP contribution is 2.46. The highest BCUT2D eigenvalue weighted by Gasteiger charge is 2.58. The quantitative estimate of drug-likeness (QED) is 0.724. The van der Waals surface area contributed by atoms with E-state index in [1.807, 2.05) is 51.1 Å². The number of fused-ring (bicyclic) bond motifs is 1. The highest BCUT2D eigenvalue weighted by molar-refractivity contribution is 5.15. The lowest BCUT2D eigenvalue weighted by atomic mass is 9.78. The van der Waals surface area contributed by atoms with E-state index in [9.17, 15) is 8.78 Å². The number of benzene rings is 1. The van der Waals surface area contributed by atoms with Crippen molar-refractivity contribution >= 4 is 0 Å². The summed E-state index contributed by atoms with van der Waals surface area (Å²) in [5.41, 5.74) is 0.0440. The number of alkyl halides is 2. The van der Waals surface area contributed by atoms with Crippen LogP contribution in [0.25, 0.3) is 0 Å². The van der Waals surface area contributed by atoms with Crippen LogP contribution < -0.4 is 0 Å². The predicted molar refractivity (Wildman–Crippen MR) is 103 cm³/mol. The number of nitrogens with zero attached hydrogens (tertiary/aromatic N) is 1. The van der Waals surface area contributed by atoms with Gasteiger partial charge in [-0.3, -0.25) is 4.90 Å². The van der Waals surface area contributed by atoms with E-state index >= 15 is 0 Å². The van der Waals surface area contributed by atoms with Crippen LogP contribution in [-0.2, 0) is 16.0 Å². The van der Waals surface area contributed by atoms with Crippen molar-refractivity contribution in [1.29, 1.82) is 0 Å². The van der Waals surface area contributed by atoms with Crippen LogP contribution in [0.15, 0.2) is 30.3 Å². The van der Waals surface area contributed by atoms with Crippen molar-refractivity contribution < 1.29 is 18.3 Å². The second-order valence-corrected chi connectivity index (χ2v) is 8.97. The van der Waals surface area contributed by atoms with Crippen LogP contribution in [0.2, 0.25) is 0 Å². The topological polar surface area (TPSA) is 21.7 Å². The van der Waals surface area contributed by atoms with E-state index < -0.39 is 29.1 Å². The Bertz CT molecular complexity index is 631. The molecule has 1 aromatic rings. The second kappa shape index (κ2) is 7.41. The van der Waals surface area contributed by atoms with Crippen LogP contribution in [0.3, 0.4) is 0 Å². The molecule has 0 N–H and O–H groups in total. The lowest BCUT2D eigenvalue weighted by molar-refractivity contribution is -0.336. The smallest absolute Gasteiger partial charge is 0.252 e. The Balaban J connectivity index is 1.85. The maximum atomic E-state index is 14.6. The zero-order valence-corrected chi connectivity index (χ0v) is 17.2. The molecule has 0 unspecified atom stereocenters. The molecule has 4 atom stereocenters. The van der Waals surface area contributed by atoms with Crippen LogP contribution in [0.4, 0.5) is 8.78 Å². The lowest BCUT2D eigenvalue weighted by Crippen LogP contribution is -2.69. The number of likely N-dealkylation sites (tertiary alicyclic amines) is 1. The fraction of sp³-hybridized carbons (Fsp3) is 0.727. The number of piperidine rings is 1. The van der Waals surface area contributed by atoms with Crippen molar-refractivity contribution in [3.63, 3.8) is 0 Å². The van der Waals surface area contributed by atoms with Crippen molar-refractivity contribution in [1.82, 2.24) is 4.90 Å². The fourth-order valence-corrected chi connectivity index (χ4v) is 4.54. The van der Waals surface area contributed by atoms with E-state index in [4.69, 9.17) is 9.47 Å². The molecule has 0 radical (unpaired) electrons. The molecule has 3 rings (SSSR count). The molecule has 3 nitrogen and oxygen atoms in total. The standard InChI is InChI=1S/C22H33F2NO2/c1-6-12-21(4)20(2,3)26-18-15-25(13-16-10-8-7-9-11-16)14-17(19(18)27-21)22(5,23)24/h7-11,17-19H,6,12-15H2,1-5H3/t17-,18+,19+,21+/m0/s1. The first-order valence-corrected chi connectivity index (χ1v) is 10.1. The average molecular weight is 382 g/mol. The van der Waals surface area contributed by atoms with E-state index in [0.717, 1.165) is 25.3 Å². The molecule has 2 saturated heterocycles. The zero-order chi connectivity index (χ0) is 19.9. The van der Waals surface area contributed by atoms with Gasteiger partial charge in [0.2, 0.25) is 0 Å². The van der Waals surface area contributed by atoms with Gasteiger partial charge >= 0.3 is 0 Å². The van der Waals surface area contributed by atoms with Gasteiger partial charge in [-0.1, -0.05) is 43.7 Å². The van der Waals surface area contributed by atoms with Crippen LogP contribution in [-0.4, -0.2) is 47.3 Å². The Hall–Kier alpha value is -1.04. The SMILES string of the molecule is CCC[C@@]1(C)O[C@H]2[C@@H](CN(Cc3ccccc3)C[C@@H]2C(C)(F)F)OC1(C)C. The molecule has 1 aromatic carbocycles. The Morgan fingerprint density at radius 3 is 2.37 bits per heavy atom. The molecular weight excluding hydrogens is 348 g/mol. The summed E-state index contributed by atoms with van der Waals surface area (Å²) in [5, 5.41) is 0. The molecule has 0 spiro atoms. The first kappa shape index (κ1) is 20.7. The monoisotopic (exact) mass is 381 g/mol. The minimum absolute atomic E-state index is 0.311. The van der Waals surface area contributed by atoms with Gasteiger partial charge in [-0.05, 0) is 39.7 Å². The highest BCUT2D eigenvalue weighted by atomic mass is 19.3. The minimum atomic E-state index is -2.82. The summed E-state index contributed by atoms with van der Waals surface area (Å²) in [4.78, 5) is 2.08. The zero-order valence-electron chi connectivity index (χ0n) is 17.2. The molecule has 2 aliphatic rings. The molecule has 152 valence electrons. The van der Waals surface area contributed by atoms with Gasteiger partial charge in [0.05, 0.1) is 29.3 Å². The molecule has 0 saturated carbocycles. The van der Waals surface area contributed by atoms with Gasteiger partial charge in [-0.2, -0.15) is 0 Å². The number of halogens is 2. The van der Waals surface area contributed by atoms with Crippen molar-refractivity contribution in [3.8, 4) is 0 Å². The number of hydrogen-bond acceptors (Lipinski definition) is 3. The van der Waals surface area contributed by atoms with Gasteiger partial charge in [0.1, 0.15) is 0 Å². The van der Waals surface area contributed by atoms with Crippen molar-refractivity contribution in [2.75, 3.05) is 13.1 Å². The van der Waals surface area contributed by atoms with Gasteiger partial charge in [0.15, 0.2) is 0 Å². The molecule has 0 aliphatic carbocycles. The van der Waals surface area contributed by atoms with E-state index in [2.05, 4.69) is 11.8 Å². The van der Waals surface area contributed by atoms with Crippen LogP contribution in [0.5, 0.6) is 0 Å². The molecular formula is C22H33F2NO2. The molecule has 0 amide bonds. The maximum Gasteiger partial charge on any atom is 0.252 e. The first-order chi connectivity index (χ1) is 12.6. The number of ether oxygens (including phenoxy) is 2. The van der Waals surface area contributed by atoms with E-state index in [1.165, 1.54) is 0 Å². The summed E-state index contributed by atoms with van der Waals surface area (Å²) in [6, 6.07) is 9.99. The summed E-state index contributed by atoms with van der Waals surface area (Å²) in [5.74, 6) is -3.71. The van der Waals surface area contributed by atoms with Crippen molar-refractivity contribution in [2.45, 2.75) is 83.3 Å². The Morgan fingerprint density at radius 1 is 1.11 bits per heavy atom. The molecule has 0 bridgehead atoms. The lowest BCUT2D eigenvalue weighted by Gasteiger charge is -2.58. The molecule has 0 aromatic heterocycles. The first-order valence-electron chi connectivity index (χ1n) is 10.1. The van der Waals surface area contributed by atoms with Gasteiger partial charge < -0.3 is 9.47 Å². The second-order valence-electron chi connectivity index (χ2n) is 8.97. The third kappa shape index (κ3) is 4.20. The number of hydrogen-bond donors (Lipinski definition) is 0. The summed E-state index contributed by atoms with van der Waals surface area (Å²) >= 11 is 0. The van der Waals surface area contributed by atoms with E-state index in [1.54, 1.807) is 0 Å². The van der Waals surface area contributed by atoms with Gasteiger partial charge in [0, 0.05) is 19.6 Å². The van der Waals surface area contributed by atoms with Gasteiger partial charge in [-0.15, -0.1) is 0 Å². The Morgan fingerprint density at radius 2 is 1.78 bits per heavy atom. The molecule has 2 fully saturated rings. The third-order valence-corrected chi connectivity index (χ3v) is 6.40. The predicted octanol–water partition coefficient (Wildman–Crippen LogP) is 4.90. The molecule has 27 heavy (non-hydrogen) atoms. The van der Waals surface area contributed by atoms with Crippen LogP contribution >= 0.6 is 0 Å². The van der Waals surface area contributed by atoms with Crippen LogP contribution in [0, 0.1) is 5.92 Å². The fourth-order valence-electron chi connectivity index (χ4n) is 4.54. The van der Waals surface area contributed by atoms with Crippen molar-refractivity contribution in [2.24, 2.45) is 5.92 Å². The van der Waals surface area contributed by atoms with Crippen LogP contribution in [0.1, 0.15) is 53.0 Å². The average Bonchev–Trinajstić information content (AvgIpc) is 2.56. The van der Waals surface area contributed by atoms with Gasteiger partial charge in [0.25, 0.3) is 5.92 Å². The Labute approximate surface area is 162 Å².